The molecule has 0 amide bonds. The number of H-pyrrole nitrogens is 2. The van der Waals surface area contributed by atoms with Crippen LogP contribution in [0.15, 0.2) is 53.1 Å². The van der Waals surface area contributed by atoms with Crippen LogP contribution in [0.25, 0.3) is 35.2 Å². The van der Waals surface area contributed by atoms with Gasteiger partial charge in [0.25, 0.3) is 0 Å². The molecule has 2 aromatic heterocycles. The Bertz CT molecular complexity index is 1190. The lowest BCUT2D eigenvalue weighted by Crippen LogP contribution is -1.85. The summed E-state index contributed by atoms with van der Waals surface area (Å²) in [4.78, 5) is 3.22. The summed E-state index contributed by atoms with van der Waals surface area (Å²) < 4.78 is 5.93. The zero-order valence-corrected chi connectivity index (χ0v) is 16.7. The summed E-state index contributed by atoms with van der Waals surface area (Å²) in [5.41, 5.74) is 4.75. The van der Waals surface area contributed by atoms with E-state index in [-0.39, 0.29) is 5.75 Å². The molecule has 2 heterocycles. The van der Waals surface area contributed by atoms with Gasteiger partial charge in [-0.15, -0.1) is 0 Å². The van der Waals surface area contributed by atoms with Crippen LogP contribution in [0.4, 0.5) is 0 Å². The van der Waals surface area contributed by atoms with E-state index in [1.165, 1.54) is 12.5 Å². The standard InChI is InChI=1S/C22H18BrN3O2/c1-28-22-13-19(23)16(11-21(22)27)5-7-18-12-17(25-26-18)6-3-14-2-4-15-8-9-24-20(15)10-14/h2-13,24,27H,1H3,(H,25,26). The summed E-state index contributed by atoms with van der Waals surface area (Å²) in [6.07, 6.45) is 9.73. The molecule has 0 fully saturated rings. The van der Waals surface area contributed by atoms with E-state index in [1.807, 2.05) is 36.6 Å². The first-order valence-corrected chi connectivity index (χ1v) is 9.47. The Kier molecular flexibility index (Phi) is 5.04. The molecule has 0 unspecified atom stereocenters. The Morgan fingerprint density at radius 3 is 2.79 bits per heavy atom. The van der Waals surface area contributed by atoms with Crippen LogP contribution in [-0.2, 0) is 0 Å². The number of rotatable bonds is 5. The third-order valence-corrected chi connectivity index (χ3v) is 5.07. The van der Waals surface area contributed by atoms with E-state index in [9.17, 15) is 5.11 Å². The number of halogens is 1. The van der Waals surface area contributed by atoms with Crippen LogP contribution >= 0.6 is 15.9 Å². The molecule has 0 radical (unpaired) electrons. The topological polar surface area (TPSA) is 73.9 Å². The first-order valence-electron chi connectivity index (χ1n) is 8.67. The van der Waals surface area contributed by atoms with Gasteiger partial charge in [-0.05, 0) is 59.0 Å². The van der Waals surface area contributed by atoms with Gasteiger partial charge in [-0.25, -0.2) is 0 Å². The highest BCUT2D eigenvalue weighted by Crippen LogP contribution is 2.33. The van der Waals surface area contributed by atoms with E-state index in [2.05, 4.69) is 55.4 Å². The lowest BCUT2D eigenvalue weighted by atomic mass is 10.1. The molecule has 140 valence electrons. The second-order valence-corrected chi connectivity index (χ2v) is 7.14. The minimum atomic E-state index is 0.0950. The minimum Gasteiger partial charge on any atom is -0.504 e. The first-order chi connectivity index (χ1) is 13.6. The Hall–Kier alpha value is -3.25. The van der Waals surface area contributed by atoms with E-state index in [0.717, 1.165) is 32.5 Å². The predicted molar refractivity (Wildman–Crippen MR) is 117 cm³/mol. The van der Waals surface area contributed by atoms with Crippen LogP contribution in [0.1, 0.15) is 22.5 Å². The van der Waals surface area contributed by atoms with Gasteiger partial charge in [0.15, 0.2) is 11.5 Å². The summed E-state index contributed by atoms with van der Waals surface area (Å²) in [5.74, 6) is 0.521. The molecule has 5 nitrogen and oxygen atoms in total. The Morgan fingerprint density at radius 1 is 1.04 bits per heavy atom. The van der Waals surface area contributed by atoms with Crippen molar-refractivity contribution in [2.45, 2.75) is 0 Å². The maximum atomic E-state index is 9.94. The van der Waals surface area contributed by atoms with Crippen molar-refractivity contribution in [2.75, 3.05) is 7.11 Å². The molecule has 0 aliphatic rings. The molecular weight excluding hydrogens is 418 g/mol. The van der Waals surface area contributed by atoms with Crippen molar-refractivity contribution in [1.82, 2.24) is 15.2 Å². The summed E-state index contributed by atoms with van der Waals surface area (Å²) in [6.45, 7) is 0. The number of phenols is 1. The van der Waals surface area contributed by atoms with Crippen LogP contribution in [0.2, 0.25) is 0 Å². The summed E-state index contributed by atoms with van der Waals surface area (Å²) in [6, 6.07) is 13.7. The van der Waals surface area contributed by atoms with Crippen molar-refractivity contribution < 1.29 is 9.84 Å². The van der Waals surface area contributed by atoms with E-state index in [1.54, 1.807) is 12.1 Å². The van der Waals surface area contributed by atoms with Crippen LogP contribution in [0.5, 0.6) is 11.5 Å². The van der Waals surface area contributed by atoms with Crippen LogP contribution in [0, 0.1) is 0 Å². The molecule has 0 bridgehead atoms. The Balaban J connectivity index is 1.49. The van der Waals surface area contributed by atoms with Gasteiger partial charge in [0, 0.05) is 16.2 Å². The lowest BCUT2D eigenvalue weighted by Gasteiger charge is -2.06. The predicted octanol–water partition coefficient (Wildman–Crippen LogP) is 5.71. The molecule has 0 atom stereocenters. The number of nitrogens with zero attached hydrogens (tertiary/aromatic N) is 1. The van der Waals surface area contributed by atoms with Gasteiger partial charge >= 0.3 is 0 Å². The van der Waals surface area contributed by atoms with Crippen LogP contribution < -0.4 is 4.74 Å². The van der Waals surface area contributed by atoms with E-state index in [4.69, 9.17) is 4.74 Å². The summed E-state index contributed by atoms with van der Waals surface area (Å²) >= 11 is 3.48. The summed E-state index contributed by atoms with van der Waals surface area (Å²) in [5, 5.41) is 18.4. The molecule has 6 heteroatoms. The third kappa shape index (κ3) is 3.87. The molecule has 2 aromatic carbocycles. The number of hydrogen-bond acceptors (Lipinski definition) is 3. The molecule has 0 saturated heterocycles. The van der Waals surface area contributed by atoms with Crippen molar-refractivity contribution in [3.8, 4) is 11.5 Å². The number of aromatic amines is 2. The molecule has 3 N–H and O–H groups in total. The number of hydrogen-bond donors (Lipinski definition) is 3. The van der Waals surface area contributed by atoms with Crippen LogP contribution in [-0.4, -0.2) is 27.4 Å². The van der Waals surface area contributed by atoms with Crippen molar-refractivity contribution in [3.05, 3.63) is 75.6 Å². The smallest absolute Gasteiger partial charge is 0.161 e. The van der Waals surface area contributed by atoms with E-state index in [0.29, 0.717) is 5.75 Å². The average molecular weight is 436 g/mol. The zero-order chi connectivity index (χ0) is 19.5. The van der Waals surface area contributed by atoms with Gasteiger partial charge in [0.2, 0.25) is 0 Å². The second kappa shape index (κ2) is 7.78. The number of fused-ring (bicyclic) bond motifs is 1. The van der Waals surface area contributed by atoms with Crippen LogP contribution in [0.3, 0.4) is 0 Å². The number of ether oxygens (including phenoxy) is 1. The molecule has 4 aromatic rings. The van der Waals surface area contributed by atoms with Crippen molar-refractivity contribution in [3.63, 3.8) is 0 Å². The number of benzene rings is 2. The highest BCUT2D eigenvalue weighted by Gasteiger charge is 2.06. The molecule has 0 aliphatic heterocycles. The van der Waals surface area contributed by atoms with E-state index < -0.39 is 0 Å². The molecule has 4 rings (SSSR count). The highest BCUT2D eigenvalue weighted by atomic mass is 79.9. The fourth-order valence-corrected chi connectivity index (χ4v) is 3.36. The molecule has 0 saturated carbocycles. The number of nitrogens with one attached hydrogen (secondary N) is 2. The minimum absolute atomic E-state index is 0.0950. The average Bonchev–Trinajstić information content (AvgIpc) is 3.35. The number of aromatic nitrogens is 3. The van der Waals surface area contributed by atoms with Crippen molar-refractivity contribution in [1.29, 1.82) is 0 Å². The summed E-state index contributed by atoms with van der Waals surface area (Å²) in [7, 11) is 1.52. The number of aromatic hydroxyl groups is 1. The lowest BCUT2D eigenvalue weighted by molar-refractivity contribution is 0.373. The quantitative estimate of drug-likeness (QED) is 0.375. The van der Waals surface area contributed by atoms with Crippen molar-refractivity contribution in [2.24, 2.45) is 0 Å². The second-order valence-electron chi connectivity index (χ2n) is 6.28. The zero-order valence-electron chi connectivity index (χ0n) is 15.1. The Morgan fingerprint density at radius 2 is 1.93 bits per heavy atom. The van der Waals surface area contributed by atoms with Gasteiger partial charge in [-0.3, -0.25) is 5.10 Å². The first kappa shape index (κ1) is 18.1. The fourth-order valence-electron chi connectivity index (χ4n) is 2.90. The number of phenolic OH excluding ortho intramolecular Hbond substituents is 1. The largest absolute Gasteiger partial charge is 0.504 e. The highest BCUT2D eigenvalue weighted by molar-refractivity contribution is 9.10. The monoisotopic (exact) mass is 435 g/mol. The molecule has 28 heavy (non-hydrogen) atoms. The van der Waals surface area contributed by atoms with Gasteiger partial charge in [-0.1, -0.05) is 40.2 Å². The maximum absolute atomic E-state index is 9.94. The molecular formula is C22H18BrN3O2. The van der Waals surface area contributed by atoms with E-state index >= 15 is 0 Å². The van der Waals surface area contributed by atoms with Gasteiger partial charge in [0.1, 0.15) is 0 Å². The third-order valence-electron chi connectivity index (χ3n) is 4.38. The number of methoxy groups -OCH3 is 1. The molecule has 0 spiro atoms. The SMILES string of the molecule is COc1cc(Br)c(C=Cc2cc(C=Cc3ccc4cc[nH]c4c3)n[nH]2)cc1O. The van der Waals surface area contributed by atoms with Gasteiger partial charge in [0.05, 0.1) is 18.5 Å². The molecule has 0 aliphatic carbocycles. The fraction of sp³-hybridized carbons (Fsp3) is 0.0455. The van der Waals surface area contributed by atoms with Gasteiger partial charge in [-0.2, -0.15) is 5.10 Å². The normalized spacial score (nSPS) is 11.8. The van der Waals surface area contributed by atoms with Gasteiger partial charge < -0.3 is 14.8 Å². The van der Waals surface area contributed by atoms with Crippen molar-refractivity contribution >= 4 is 51.1 Å². The maximum Gasteiger partial charge on any atom is 0.161 e. The Labute approximate surface area is 170 Å².